The average Bonchev–Trinajstić information content (AvgIpc) is 3.15. The number of carbonyl (C=O) groups is 1. The van der Waals surface area contributed by atoms with Gasteiger partial charge in [-0.05, 0) is 50.9 Å². The summed E-state index contributed by atoms with van der Waals surface area (Å²) < 4.78 is 6.49. The molecule has 1 spiro atoms. The minimum Gasteiger partial charge on any atom is -0.459 e. The van der Waals surface area contributed by atoms with E-state index < -0.39 is 0 Å². The van der Waals surface area contributed by atoms with Crippen LogP contribution in [0.2, 0.25) is 5.02 Å². The molecule has 7 heteroatoms. The molecule has 0 radical (unpaired) electrons. The first kappa shape index (κ1) is 20.7. The quantitative estimate of drug-likeness (QED) is 0.643. The summed E-state index contributed by atoms with van der Waals surface area (Å²) in [4.78, 5) is 14.3. The molecule has 1 aromatic carbocycles. The molecule has 1 aliphatic carbocycles. The molecule has 31 heavy (non-hydrogen) atoms. The summed E-state index contributed by atoms with van der Waals surface area (Å²) >= 11 is 6.73. The van der Waals surface area contributed by atoms with Gasteiger partial charge in [-0.1, -0.05) is 37.4 Å². The molecule has 2 fully saturated rings. The molecular formula is C24H31ClN4O2. The van der Waals surface area contributed by atoms with Crippen LogP contribution in [0.5, 0.6) is 0 Å². The summed E-state index contributed by atoms with van der Waals surface area (Å²) in [5.41, 5.74) is 2.86. The van der Waals surface area contributed by atoms with Crippen LogP contribution in [-0.4, -0.2) is 30.9 Å². The third-order valence-corrected chi connectivity index (χ3v) is 7.54. The zero-order valence-electron chi connectivity index (χ0n) is 18.2. The van der Waals surface area contributed by atoms with E-state index in [1.54, 1.807) is 7.05 Å². The Hall–Kier alpha value is -2.18. The number of nitrogens with zero attached hydrogens (tertiary/aromatic N) is 1. The van der Waals surface area contributed by atoms with Gasteiger partial charge in [0, 0.05) is 23.9 Å². The number of anilines is 1. The molecule has 1 amide bonds. The first-order chi connectivity index (χ1) is 15.0. The number of hydrogen-bond donors (Lipinski definition) is 3. The van der Waals surface area contributed by atoms with E-state index in [0.29, 0.717) is 5.02 Å². The second-order valence-corrected chi connectivity index (χ2v) is 9.68. The maximum Gasteiger partial charge on any atom is 0.222 e. The predicted octanol–water partition coefficient (Wildman–Crippen LogP) is 4.69. The fraction of sp³-hybridized carbons (Fsp3) is 0.542. The number of rotatable bonds is 3. The molecule has 6 nitrogen and oxygen atoms in total. The summed E-state index contributed by atoms with van der Waals surface area (Å²) in [7, 11) is 1.72. The van der Waals surface area contributed by atoms with Crippen molar-refractivity contribution in [1.29, 1.82) is 0 Å². The Kier molecular flexibility index (Phi) is 5.39. The van der Waals surface area contributed by atoms with Crippen molar-refractivity contribution in [3.8, 4) is 0 Å². The first-order valence-corrected chi connectivity index (χ1v) is 11.8. The molecule has 1 saturated carbocycles. The SMILES string of the molecule is C=C1Nc2c(Cl)cc3cc(CN4CCC(C(=O)NC)CC4)oc3c2C2(CCCCC2)N1. The molecule has 2 aliphatic heterocycles. The Morgan fingerprint density at radius 3 is 2.74 bits per heavy atom. The number of carbonyl (C=O) groups excluding carboxylic acids is 1. The largest absolute Gasteiger partial charge is 0.459 e. The third kappa shape index (κ3) is 3.70. The summed E-state index contributed by atoms with van der Waals surface area (Å²) in [6.45, 7) is 6.70. The molecule has 0 unspecified atom stereocenters. The van der Waals surface area contributed by atoms with Crippen LogP contribution < -0.4 is 16.0 Å². The Balaban J connectivity index is 1.45. The van der Waals surface area contributed by atoms with Crippen LogP contribution in [0.1, 0.15) is 56.3 Å². The predicted molar refractivity (Wildman–Crippen MR) is 124 cm³/mol. The standard InChI is InChI=1S/C24H31ClN4O2/c1-15-27-21-19(25)13-17-12-18(14-29-10-6-16(7-11-29)23(30)26-2)31-22(17)20(21)24(28-15)8-4-3-5-9-24/h12-13,16,27-28H,1,3-11,14H2,2H3,(H,26,30). The van der Waals surface area contributed by atoms with Crippen molar-refractivity contribution in [3.63, 3.8) is 0 Å². The van der Waals surface area contributed by atoms with Crippen LogP contribution in [0.15, 0.2) is 28.9 Å². The summed E-state index contributed by atoms with van der Waals surface area (Å²) in [5.74, 6) is 2.04. The van der Waals surface area contributed by atoms with Crippen LogP contribution >= 0.6 is 11.6 Å². The van der Waals surface area contributed by atoms with Gasteiger partial charge in [0.05, 0.1) is 28.6 Å². The number of likely N-dealkylation sites (tertiary alicyclic amines) is 1. The van der Waals surface area contributed by atoms with Gasteiger partial charge in [0.25, 0.3) is 0 Å². The minimum absolute atomic E-state index is 0.124. The maximum absolute atomic E-state index is 11.9. The van der Waals surface area contributed by atoms with E-state index >= 15 is 0 Å². The zero-order chi connectivity index (χ0) is 21.6. The van der Waals surface area contributed by atoms with E-state index in [0.717, 1.165) is 79.1 Å². The third-order valence-electron chi connectivity index (χ3n) is 7.25. The number of furan rings is 1. The number of hydrogen-bond acceptors (Lipinski definition) is 5. The Morgan fingerprint density at radius 1 is 1.29 bits per heavy atom. The second-order valence-electron chi connectivity index (χ2n) is 9.28. The molecule has 0 atom stereocenters. The van der Waals surface area contributed by atoms with Gasteiger partial charge in [0.1, 0.15) is 11.3 Å². The van der Waals surface area contributed by atoms with Gasteiger partial charge in [-0.2, -0.15) is 0 Å². The second kappa shape index (κ2) is 8.06. The van der Waals surface area contributed by atoms with Crippen molar-refractivity contribution in [3.05, 3.63) is 40.9 Å². The molecule has 3 N–H and O–H groups in total. The van der Waals surface area contributed by atoms with Crippen molar-refractivity contribution in [2.24, 2.45) is 5.92 Å². The molecule has 5 rings (SSSR count). The van der Waals surface area contributed by atoms with Crippen molar-refractivity contribution in [2.75, 3.05) is 25.5 Å². The van der Waals surface area contributed by atoms with Gasteiger partial charge in [0.2, 0.25) is 5.91 Å². The average molecular weight is 443 g/mol. The lowest BCUT2D eigenvalue weighted by molar-refractivity contribution is -0.125. The van der Waals surface area contributed by atoms with E-state index in [-0.39, 0.29) is 17.4 Å². The van der Waals surface area contributed by atoms with E-state index in [4.69, 9.17) is 16.0 Å². The van der Waals surface area contributed by atoms with Gasteiger partial charge in [-0.3, -0.25) is 9.69 Å². The Labute approximate surface area is 188 Å². The summed E-state index contributed by atoms with van der Waals surface area (Å²) in [5, 5.41) is 11.6. The zero-order valence-corrected chi connectivity index (χ0v) is 18.9. The molecule has 1 saturated heterocycles. The fourth-order valence-corrected chi connectivity index (χ4v) is 5.96. The minimum atomic E-state index is -0.167. The van der Waals surface area contributed by atoms with Crippen LogP contribution in [0.3, 0.4) is 0 Å². The van der Waals surface area contributed by atoms with Crippen LogP contribution in [0.25, 0.3) is 11.0 Å². The van der Waals surface area contributed by atoms with Crippen LogP contribution in [0, 0.1) is 5.92 Å². The number of amides is 1. The van der Waals surface area contributed by atoms with Crippen LogP contribution in [-0.2, 0) is 16.9 Å². The highest BCUT2D eigenvalue weighted by Crippen LogP contribution is 2.49. The normalized spacial score (nSPS) is 21.5. The fourth-order valence-electron chi connectivity index (χ4n) is 5.70. The highest BCUT2D eigenvalue weighted by molar-refractivity contribution is 6.34. The summed E-state index contributed by atoms with van der Waals surface area (Å²) in [6.07, 6.45) is 7.51. The Bertz CT molecular complexity index is 1020. The lowest BCUT2D eigenvalue weighted by atomic mass is 9.74. The monoisotopic (exact) mass is 442 g/mol. The number of nitrogens with one attached hydrogen (secondary N) is 3. The highest BCUT2D eigenvalue weighted by Gasteiger charge is 2.42. The van der Waals surface area contributed by atoms with E-state index in [2.05, 4.69) is 33.5 Å². The molecule has 3 heterocycles. The lowest BCUT2D eigenvalue weighted by Gasteiger charge is -2.44. The van der Waals surface area contributed by atoms with E-state index in [1.165, 1.54) is 19.3 Å². The van der Waals surface area contributed by atoms with Crippen molar-refractivity contribution < 1.29 is 9.21 Å². The number of piperidine rings is 1. The van der Waals surface area contributed by atoms with Crippen molar-refractivity contribution in [1.82, 2.24) is 15.5 Å². The van der Waals surface area contributed by atoms with E-state index in [9.17, 15) is 4.79 Å². The molecule has 2 aromatic rings. The van der Waals surface area contributed by atoms with Gasteiger partial charge in [-0.25, -0.2) is 0 Å². The molecule has 166 valence electrons. The lowest BCUT2D eigenvalue weighted by Crippen LogP contribution is -2.48. The molecule has 3 aliphatic rings. The van der Waals surface area contributed by atoms with E-state index in [1.807, 2.05) is 6.07 Å². The van der Waals surface area contributed by atoms with Gasteiger partial charge in [-0.15, -0.1) is 0 Å². The number of benzene rings is 1. The summed E-state index contributed by atoms with van der Waals surface area (Å²) in [6, 6.07) is 4.13. The first-order valence-electron chi connectivity index (χ1n) is 11.4. The van der Waals surface area contributed by atoms with Crippen molar-refractivity contribution in [2.45, 2.75) is 57.0 Å². The number of halogens is 1. The van der Waals surface area contributed by atoms with Crippen molar-refractivity contribution >= 4 is 34.2 Å². The number of fused-ring (bicyclic) bond motifs is 4. The van der Waals surface area contributed by atoms with Gasteiger partial charge < -0.3 is 20.4 Å². The smallest absolute Gasteiger partial charge is 0.222 e. The Morgan fingerprint density at radius 2 is 2.03 bits per heavy atom. The maximum atomic E-state index is 11.9. The van der Waals surface area contributed by atoms with Gasteiger partial charge >= 0.3 is 0 Å². The molecular weight excluding hydrogens is 412 g/mol. The molecule has 0 bridgehead atoms. The highest BCUT2D eigenvalue weighted by atomic mass is 35.5. The molecule has 1 aromatic heterocycles. The van der Waals surface area contributed by atoms with Gasteiger partial charge in [0.15, 0.2) is 0 Å². The van der Waals surface area contributed by atoms with Crippen LogP contribution in [0.4, 0.5) is 5.69 Å². The topological polar surface area (TPSA) is 69.5 Å².